The number of anilines is 1. The van der Waals surface area contributed by atoms with Crippen LogP contribution >= 0.6 is 0 Å². The number of unbranched alkanes of at least 4 members (excludes halogenated alkanes) is 2. The second kappa shape index (κ2) is 10.2. The Kier molecular flexibility index (Phi) is 8.10. The summed E-state index contributed by atoms with van der Waals surface area (Å²) >= 11 is 0. The molecule has 0 aliphatic carbocycles. The molecular weight excluding hydrogens is 288 g/mol. The highest BCUT2D eigenvalue weighted by molar-refractivity contribution is 5.89. The highest BCUT2D eigenvalue weighted by Gasteiger charge is 2.02. The van der Waals surface area contributed by atoms with Crippen LogP contribution in [0.1, 0.15) is 31.2 Å². The number of hydrogen-bond donors (Lipinski definition) is 3. The van der Waals surface area contributed by atoms with Crippen LogP contribution in [0, 0.1) is 0 Å². The van der Waals surface area contributed by atoms with Crippen molar-refractivity contribution in [3.8, 4) is 0 Å². The van der Waals surface area contributed by atoms with E-state index in [0.29, 0.717) is 25.1 Å². The lowest BCUT2D eigenvalue weighted by Gasteiger charge is -2.08. The van der Waals surface area contributed by atoms with Crippen LogP contribution in [0.5, 0.6) is 0 Å². The first-order chi connectivity index (χ1) is 10.6. The molecule has 0 aliphatic rings. The number of nitrogens with one attached hydrogen (secondary N) is 2. The van der Waals surface area contributed by atoms with E-state index in [1.165, 1.54) is 0 Å². The molecule has 1 aromatic carbocycles. The molecule has 0 fully saturated rings. The number of carbonyl (C=O) groups is 3. The maximum atomic E-state index is 11.7. The lowest BCUT2D eigenvalue weighted by molar-refractivity contribution is -0.137. The Bertz CT molecular complexity index is 504. The van der Waals surface area contributed by atoms with Crippen molar-refractivity contribution < 1.29 is 24.2 Å². The molecule has 0 atom stereocenters. The molecule has 0 aromatic heterocycles. The molecule has 1 rings (SSSR count). The minimum atomic E-state index is -0.802. The summed E-state index contributed by atoms with van der Waals surface area (Å²) in [6.07, 6.45) is 2.25. The molecule has 22 heavy (non-hydrogen) atoms. The van der Waals surface area contributed by atoms with Crippen LogP contribution < -0.4 is 10.6 Å². The van der Waals surface area contributed by atoms with Crippen molar-refractivity contribution >= 4 is 24.2 Å². The summed E-state index contributed by atoms with van der Waals surface area (Å²) in [5.74, 6) is -0.802. The van der Waals surface area contributed by atoms with E-state index in [1.54, 1.807) is 24.3 Å². The van der Waals surface area contributed by atoms with Crippen LogP contribution in [0.2, 0.25) is 0 Å². The molecule has 0 aliphatic heterocycles. The Morgan fingerprint density at radius 2 is 2.05 bits per heavy atom. The minimum Gasteiger partial charge on any atom is -0.481 e. The molecule has 120 valence electrons. The number of carboxylic acids is 1. The summed E-state index contributed by atoms with van der Waals surface area (Å²) in [7, 11) is 0. The molecular formula is C15H20N2O5. The quantitative estimate of drug-likeness (QED) is 0.453. The molecule has 7 heteroatoms. The van der Waals surface area contributed by atoms with Gasteiger partial charge in [-0.1, -0.05) is 18.6 Å². The van der Waals surface area contributed by atoms with Gasteiger partial charge in [0.25, 0.3) is 6.47 Å². The van der Waals surface area contributed by atoms with Crippen LogP contribution in [-0.4, -0.2) is 30.1 Å². The number of aliphatic carboxylic acids is 1. The van der Waals surface area contributed by atoms with Crippen molar-refractivity contribution in [1.29, 1.82) is 0 Å². The molecule has 0 spiro atoms. The van der Waals surface area contributed by atoms with Gasteiger partial charge >= 0.3 is 12.0 Å². The monoisotopic (exact) mass is 308 g/mol. The van der Waals surface area contributed by atoms with Gasteiger partial charge in [-0.25, -0.2) is 4.79 Å². The summed E-state index contributed by atoms with van der Waals surface area (Å²) in [6.45, 7) is 1.01. The number of rotatable bonds is 10. The molecule has 0 heterocycles. The van der Waals surface area contributed by atoms with Gasteiger partial charge in [-0.3, -0.25) is 9.59 Å². The zero-order chi connectivity index (χ0) is 16.2. The molecule has 2 amide bonds. The maximum absolute atomic E-state index is 11.7. The van der Waals surface area contributed by atoms with Crippen LogP contribution in [0.4, 0.5) is 10.5 Å². The fourth-order valence-corrected chi connectivity index (χ4v) is 1.82. The number of ether oxygens (including phenoxy) is 1. The van der Waals surface area contributed by atoms with Crippen molar-refractivity contribution in [1.82, 2.24) is 5.32 Å². The Morgan fingerprint density at radius 1 is 1.23 bits per heavy atom. The molecule has 0 saturated carbocycles. The molecule has 3 N–H and O–H groups in total. The maximum Gasteiger partial charge on any atom is 0.319 e. The van der Waals surface area contributed by atoms with Gasteiger partial charge in [-0.15, -0.1) is 0 Å². The summed E-state index contributed by atoms with van der Waals surface area (Å²) in [5.41, 5.74) is 1.38. The van der Waals surface area contributed by atoms with E-state index in [-0.39, 0.29) is 19.1 Å². The van der Waals surface area contributed by atoms with Crippen molar-refractivity contribution in [2.45, 2.75) is 32.3 Å². The predicted molar refractivity (Wildman–Crippen MR) is 80.4 cm³/mol. The van der Waals surface area contributed by atoms with Crippen LogP contribution in [0.15, 0.2) is 24.3 Å². The number of amides is 2. The van der Waals surface area contributed by atoms with Crippen molar-refractivity contribution in [3.63, 3.8) is 0 Å². The fourth-order valence-electron chi connectivity index (χ4n) is 1.82. The zero-order valence-electron chi connectivity index (χ0n) is 12.2. The second-order valence-electron chi connectivity index (χ2n) is 4.69. The molecule has 0 saturated heterocycles. The van der Waals surface area contributed by atoms with Gasteiger partial charge in [0.1, 0.15) is 6.61 Å². The lowest BCUT2D eigenvalue weighted by Crippen LogP contribution is -2.29. The SMILES string of the molecule is O=COCc1cccc(NC(=O)NCCCCCC(=O)O)c1. The average molecular weight is 308 g/mol. The fraction of sp³-hybridized carbons (Fsp3) is 0.400. The third-order valence-corrected chi connectivity index (χ3v) is 2.86. The zero-order valence-corrected chi connectivity index (χ0v) is 12.2. The number of urea groups is 1. The third kappa shape index (κ3) is 7.88. The van der Waals surface area contributed by atoms with Gasteiger partial charge in [0.15, 0.2) is 0 Å². The van der Waals surface area contributed by atoms with E-state index in [1.807, 2.05) is 0 Å². The number of carbonyl (C=O) groups excluding carboxylic acids is 2. The van der Waals surface area contributed by atoms with E-state index in [2.05, 4.69) is 15.4 Å². The average Bonchev–Trinajstić information content (AvgIpc) is 2.48. The summed E-state index contributed by atoms with van der Waals surface area (Å²) < 4.78 is 4.65. The lowest BCUT2D eigenvalue weighted by atomic mass is 10.2. The van der Waals surface area contributed by atoms with Gasteiger partial charge in [0.05, 0.1) is 0 Å². The van der Waals surface area contributed by atoms with E-state index in [0.717, 1.165) is 18.4 Å². The Morgan fingerprint density at radius 3 is 2.77 bits per heavy atom. The summed E-state index contributed by atoms with van der Waals surface area (Å²) in [4.78, 5) is 32.1. The number of carboxylic acid groups (broad SMARTS) is 1. The Balaban J connectivity index is 2.24. The van der Waals surface area contributed by atoms with Crippen LogP contribution in [0.25, 0.3) is 0 Å². The second-order valence-corrected chi connectivity index (χ2v) is 4.69. The molecule has 7 nitrogen and oxygen atoms in total. The van der Waals surface area contributed by atoms with Gasteiger partial charge in [0, 0.05) is 18.7 Å². The van der Waals surface area contributed by atoms with Crippen LogP contribution in [0.3, 0.4) is 0 Å². The summed E-state index contributed by atoms with van der Waals surface area (Å²) in [6, 6.07) is 6.67. The van der Waals surface area contributed by atoms with Crippen molar-refractivity contribution in [2.24, 2.45) is 0 Å². The Hall–Kier alpha value is -2.57. The van der Waals surface area contributed by atoms with Gasteiger partial charge in [-0.2, -0.15) is 0 Å². The molecule has 1 aromatic rings. The normalized spacial score (nSPS) is 9.82. The first kappa shape index (κ1) is 17.5. The first-order valence-electron chi connectivity index (χ1n) is 7.02. The van der Waals surface area contributed by atoms with Crippen molar-refractivity contribution in [3.05, 3.63) is 29.8 Å². The topological polar surface area (TPSA) is 105 Å². The highest BCUT2D eigenvalue weighted by atomic mass is 16.5. The standard InChI is InChI=1S/C15H20N2O5/c18-11-22-10-12-5-4-6-13(9-12)17-15(21)16-8-3-1-2-7-14(19)20/h4-6,9,11H,1-3,7-8,10H2,(H,19,20)(H2,16,17,21). The van der Waals surface area contributed by atoms with E-state index in [4.69, 9.17) is 5.11 Å². The number of benzene rings is 1. The minimum absolute atomic E-state index is 0.155. The largest absolute Gasteiger partial charge is 0.481 e. The van der Waals surface area contributed by atoms with Gasteiger partial charge in [-0.05, 0) is 30.5 Å². The van der Waals surface area contributed by atoms with Crippen LogP contribution in [-0.2, 0) is 20.9 Å². The molecule has 0 bridgehead atoms. The third-order valence-electron chi connectivity index (χ3n) is 2.86. The summed E-state index contributed by atoms with van der Waals surface area (Å²) in [5, 5.41) is 13.9. The Labute approximate surface area is 128 Å². The van der Waals surface area contributed by atoms with E-state index >= 15 is 0 Å². The first-order valence-corrected chi connectivity index (χ1v) is 7.02. The van der Waals surface area contributed by atoms with Gasteiger partial charge in [0.2, 0.25) is 0 Å². The van der Waals surface area contributed by atoms with E-state index in [9.17, 15) is 14.4 Å². The molecule has 0 radical (unpaired) electrons. The van der Waals surface area contributed by atoms with Crippen molar-refractivity contribution in [2.75, 3.05) is 11.9 Å². The van der Waals surface area contributed by atoms with Gasteiger partial charge < -0.3 is 20.5 Å². The smallest absolute Gasteiger partial charge is 0.319 e. The number of hydrogen-bond acceptors (Lipinski definition) is 4. The highest BCUT2D eigenvalue weighted by Crippen LogP contribution is 2.11. The molecule has 0 unspecified atom stereocenters. The van der Waals surface area contributed by atoms with E-state index < -0.39 is 5.97 Å². The predicted octanol–water partition coefficient (Wildman–Crippen LogP) is 2.13.